The van der Waals surface area contributed by atoms with Gasteiger partial charge in [0.05, 0.1) is 0 Å². The van der Waals surface area contributed by atoms with Gasteiger partial charge in [-0.15, -0.1) is 0 Å². The Morgan fingerprint density at radius 2 is 0.643 bits per heavy atom. The monoisotopic (exact) mass is 893 g/mol. The predicted molar refractivity (Wildman–Crippen MR) is 257 cm³/mol. The van der Waals surface area contributed by atoms with Gasteiger partial charge in [0.1, 0.15) is 0 Å². The third-order valence-electron chi connectivity index (χ3n) is 9.88. The minimum absolute atomic E-state index is 0.346. The Morgan fingerprint density at radius 3 is 0.875 bits per heavy atom. The normalized spacial score (nSPS) is 14.7. The molecule has 0 aromatic carbocycles. The van der Waals surface area contributed by atoms with Crippen molar-refractivity contribution >= 4 is 38.5 Å². The maximum atomic E-state index is 7.50. The van der Waals surface area contributed by atoms with Crippen LogP contribution in [-0.4, -0.2) is 193 Å². The van der Waals surface area contributed by atoms with Gasteiger partial charge < -0.3 is 0 Å². The van der Waals surface area contributed by atoms with Crippen LogP contribution in [0.15, 0.2) is 18.1 Å². The van der Waals surface area contributed by atoms with E-state index in [1.807, 2.05) is 0 Å². The average molecular weight is 893 g/mol. The number of hydrogen-bond acceptors (Lipinski definition) is 5. The van der Waals surface area contributed by atoms with Gasteiger partial charge in [-0.2, -0.15) is 0 Å². The third-order valence-corrected chi connectivity index (χ3v) is 29.1. The molecule has 0 fully saturated rings. The first-order valence-electron chi connectivity index (χ1n) is 20.9. The fraction of sp³-hybridized carbons (Fsp3) is 1.00. The molecule has 0 rings (SSSR count). The van der Waals surface area contributed by atoms with Crippen molar-refractivity contribution in [3.63, 3.8) is 0 Å². The Bertz CT molecular complexity index is 1090. The van der Waals surface area contributed by atoms with Gasteiger partial charge in [-0.05, 0) is 0 Å². The van der Waals surface area contributed by atoms with Crippen LogP contribution in [0, 0.1) is 0 Å². The molecular weight excluding hydrogens is 799 g/mol. The summed E-state index contributed by atoms with van der Waals surface area (Å²) in [4.78, 5) is 0. The van der Waals surface area contributed by atoms with Gasteiger partial charge in [0.25, 0.3) is 0 Å². The Balaban J connectivity index is 9.31. The summed E-state index contributed by atoms with van der Waals surface area (Å²) in [7, 11) is 25.9. The van der Waals surface area contributed by atoms with Crippen molar-refractivity contribution in [1.82, 2.24) is 46.7 Å². The van der Waals surface area contributed by atoms with Gasteiger partial charge in [0, 0.05) is 0 Å². The van der Waals surface area contributed by atoms with Crippen molar-refractivity contribution in [3.8, 4) is 0 Å². The van der Waals surface area contributed by atoms with E-state index in [0.717, 1.165) is 34.5 Å². The summed E-state index contributed by atoms with van der Waals surface area (Å²) in [5.41, 5.74) is 0. The first-order valence-corrected chi connectivity index (χ1v) is 28.4. The van der Waals surface area contributed by atoms with Crippen LogP contribution < -0.4 is 0 Å². The van der Waals surface area contributed by atoms with Gasteiger partial charge in [0.15, 0.2) is 0 Å². The second-order valence-corrected chi connectivity index (χ2v) is 32.5. The van der Waals surface area contributed by atoms with Crippen LogP contribution in [0.1, 0.15) is 97.8 Å². The summed E-state index contributed by atoms with van der Waals surface area (Å²) in [5.74, 6) is 0. The summed E-state index contributed by atoms with van der Waals surface area (Å²) >= 11 is 0. The van der Waals surface area contributed by atoms with Crippen LogP contribution in [0.5, 0.6) is 0 Å². The summed E-state index contributed by atoms with van der Waals surface area (Å²) in [6.07, 6.45) is 15.0. The molecule has 0 aliphatic carbocycles. The SMILES string of the molecule is CCCCCCCCN(CCCCCCCC)P=NP(N=P(N(C)C)(N(C)C)N(C)C)(N=P(N(C)C)(N(C)C)N(C)C)(N=P(N(C)C)(N(C)C)N(C)C)OCC. The summed E-state index contributed by atoms with van der Waals surface area (Å²) in [6, 6.07) is 0. The predicted octanol–water partition coefficient (Wildman–Crippen LogP) is 11.1. The van der Waals surface area contributed by atoms with E-state index in [-0.39, 0.29) is 0 Å². The topological polar surface area (TPSA) is 91.1 Å². The van der Waals surface area contributed by atoms with Gasteiger partial charge in [-0.25, -0.2) is 0 Å². The molecule has 338 valence electrons. The second-order valence-electron chi connectivity index (χ2n) is 16.5. The van der Waals surface area contributed by atoms with E-state index in [0.29, 0.717) is 6.61 Å². The first-order chi connectivity index (χ1) is 26.0. The Kier molecular flexibility index (Phi) is 26.7. The Hall–Kier alpha value is 0.780. The van der Waals surface area contributed by atoms with Crippen LogP contribution in [0.25, 0.3) is 0 Å². The molecule has 0 saturated heterocycles. The molecule has 0 N–H and O–H groups in total. The van der Waals surface area contributed by atoms with Crippen molar-refractivity contribution in [2.75, 3.05) is 147 Å². The summed E-state index contributed by atoms with van der Waals surface area (Å²) in [6.45, 7) is 8.90. The number of rotatable bonds is 30. The molecule has 0 aromatic rings. The minimum atomic E-state index is -4.84. The standard InChI is InChI=1S/C36H93N14OP5/c1-22-25-27-29-31-33-35-50(36-34-32-30-28-26-23-2)52-37-56(51-24-3,38-53(41(4)5,42(6)7)43(8)9,39-54(44(10)11,45(12)13)46(14)15)40-55(47(16)17,48(18)19)49(20)21/h22-36H2,1-21H3. The molecule has 0 bridgehead atoms. The molecule has 56 heavy (non-hydrogen) atoms. The molecular formula is C36H93N14OP5. The van der Waals surface area contributed by atoms with E-state index >= 15 is 0 Å². The Morgan fingerprint density at radius 1 is 0.393 bits per heavy atom. The summed E-state index contributed by atoms with van der Waals surface area (Å²) < 4.78 is 54.9. The fourth-order valence-corrected chi connectivity index (χ4v) is 30.3. The zero-order valence-electron chi connectivity index (χ0n) is 40.5. The van der Waals surface area contributed by atoms with Crippen LogP contribution in [0.2, 0.25) is 0 Å². The van der Waals surface area contributed by atoms with Crippen LogP contribution in [0.3, 0.4) is 0 Å². The number of unbranched alkanes of at least 4 members (excludes halogenated alkanes) is 10. The molecule has 0 heterocycles. The maximum absolute atomic E-state index is 7.50. The second kappa shape index (κ2) is 26.3. The van der Waals surface area contributed by atoms with E-state index in [9.17, 15) is 0 Å². The molecule has 20 heteroatoms. The zero-order valence-corrected chi connectivity index (χ0v) is 45.0. The average Bonchev–Trinajstić information content (AvgIpc) is 3.09. The molecule has 0 aliphatic rings. The van der Waals surface area contributed by atoms with E-state index in [1.54, 1.807) is 0 Å². The Labute approximate surface area is 351 Å². The molecule has 15 nitrogen and oxygen atoms in total. The van der Waals surface area contributed by atoms with Gasteiger partial charge >= 0.3 is 352 Å². The molecule has 0 radical (unpaired) electrons. The molecule has 0 atom stereocenters. The molecule has 0 spiro atoms. The first kappa shape index (κ1) is 56.8. The van der Waals surface area contributed by atoms with Gasteiger partial charge in [0.2, 0.25) is 0 Å². The fourth-order valence-electron chi connectivity index (χ4n) is 7.49. The molecule has 0 aliphatic heterocycles. The van der Waals surface area contributed by atoms with Crippen LogP contribution >= 0.6 is 38.5 Å². The van der Waals surface area contributed by atoms with Crippen LogP contribution in [-0.2, 0) is 4.52 Å². The van der Waals surface area contributed by atoms with Crippen molar-refractivity contribution < 1.29 is 4.52 Å². The molecule has 0 aromatic heterocycles. The quantitative estimate of drug-likeness (QED) is 0.0510. The summed E-state index contributed by atoms with van der Waals surface area (Å²) in [5, 5.41) is 0. The molecule has 0 amide bonds. The van der Waals surface area contributed by atoms with E-state index in [1.165, 1.54) is 64.2 Å². The van der Waals surface area contributed by atoms with Crippen LogP contribution in [0.4, 0.5) is 0 Å². The van der Waals surface area contributed by atoms with Crippen molar-refractivity contribution in [2.24, 2.45) is 18.1 Å². The van der Waals surface area contributed by atoms with E-state index < -0.39 is 30.0 Å². The molecule has 0 saturated carbocycles. The third kappa shape index (κ3) is 14.7. The van der Waals surface area contributed by atoms with E-state index in [4.69, 9.17) is 22.6 Å². The zero-order chi connectivity index (χ0) is 43.6. The molecule has 0 unspecified atom stereocenters. The van der Waals surface area contributed by atoms with Crippen molar-refractivity contribution in [2.45, 2.75) is 97.8 Å². The number of nitrogens with zero attached hydrogens (tertiary/aromatic N) is 14. The van der Waals surface area contributed by atoms with Gasteiger partial charge in [-0.3, -0.25) is 0 Å². The van der Waals surface area contributed by atoms with Gasteiger partial charge in [-0.1, -0.05) is 0 Å². The number of hydrogen-bond donors (Lipinski definition) is 0. The van der Waals surface area contributed by atoms with Crippen molar-refractivity contribution in [1.29, 1.82) is 0 Å². The van der Waals surface area contributed by atoms with E-state index in [2.05, 4.69) is 194 Å². The van der Waals surface area contributed by atoms with Crippen molar-refractivity contribution in [3.05, 3.63) is 0 Å².